The summed E-state index contributed by atoms with van der Waals surface area (Å²) < 4.78 is 0. The predicted octanol–water partition coefficient (Wildman–Crippen LogP) is 2.62. The number of likely N-dealkylation sites (tertiary alicyclic amines) is 1. The van der Waals surface area contributed by atoms with Crippen molar-refractivity contribution >= 4 is 42.4 Å². The van der Waals surface area contributed by atoms with E-state index in [0.717, 1.165) is 50.6 Å². The molecule has 0 spiro atoms. The van der Waals surface area contributed by atoms with Crippen LogP contribution in [0.1, 0.15) is 55.8 Å². The van der Waals surface area contributed by atoms with Gasteiger partial charge in [0.2, 0.25) is 5.91 Å². The van der Waals surface area contributed by atoms with E-state index in [1.807, 2.05) is 17.0 Å². The highest BCUT2D eigenvalue weighted by Crippen LogP contribution is 2.23. The van der Waals surface area contributed by atoms with Crippen molar-refractivity contribution in [2.75, 3.05) is 37.6 Å². The minimum Gasteiger partial charge on any atom is -0.357 e. The Morgan fingerprint density at radius 3 is 2.50 bits per heavy atom. The van der Waals surface area contributed by atoms with Gasteiger partial charge in [-0.25, -0.2) is 4.98 Å². The lowest BCUT2D eigenvalue weighted by Crippen LogP contribution is -2.49. The monoisotopic (exact) mass is 459 g/mol. The Balaban J connectivity index is 0.00000225. The van der Waals surface area contributed by atoms with Crippen LogP contribution < -0.4 is 16.0 Å². The van der Waals surface area contributed by atoms with E-state index in [-0.39, 0.29) is 42.7 Å². The van der Waals surface area contributed by atoms with Gasteiger partial charge in [-0.3, -0.25) is 9.59 Å². The van der Waals surface area contributed by atoms with E-state index in [9.17, 15) is 9.59 Å². The summed E-state index contributed by atoms with van der Waals surface area (Å²) in [5.41, 5.74) is 6.05. The van der Waals surface area contributed by atoms with Gasteiger partial charge < -0.3 is 20.9 Å². The van der Waals surface area contributed by atoms with Gasteiger partial charge in [-0.05, 0) is 50.2 Å². The molecule has 170 valence electrons. The molecule has 0 aromatic carbocycles. The molecule has 0 radical (unpaired) electrons. The number of nitrogens with one attached hydrogen (secondary N) is 1. The van der Waals surface area contributed by atoms with Crippen LogP contribution in [-0.2, 0) is 4.79 Å². The molecule has 7 nitrogen and oxygen atoms in total. The predicted molar refractivity (Wildman–Crippen MR) is 125 cm³/mol. The summed E-state index contributed by atoms with van der Waals surface area (Å²) in [7, 11) is 0. The number of nitrogens with zero attached hydrogens (tertiary/aromatic N) is 3. The third-order valence-electron chi connectivity index (χ3n) is 5.90. The number of pyridine rings is 1. The van der Waals surface area contributed by atoms with Crippen LogP contribution in [0.5, 0.6) is 0 Å². The lowest BCUT2D eigenvalue weighted by atomic mass is 9.99. The number of carbonyl (C=O) groups excluding carboxylic acids is 2. The first-order valence-electron chi connectivity index (χ1n) is 10.6. The summed E-state index contributed by atoms with van der Waals surface area (Å²) in [4.78, 5) is 33.5. The van der Waals surface area contributed by atoms with Gasteiger partial charge in [-0.2, -0.15) is 0 Å². The first-order valence-corrected chi connectivity index (χ1v) is 10.6. The molecule has 3 heterocycles. The van der Waals surface area contributed by atoms with Gasteiger partial charge in [-0.15, -0.1) is 24.8 Å². The Labute approximate surface area is 192 Å². The minimum absolute atomic E-state index is 0. The zero-order chi connectivity index (χ0) is 19.9. The van der Waals surface area contributed by atoms with Gasteiger partial charge in [0.1, 0.15) is 5.82 Å². The average Bonchev–Trinajstić information content (AvgIpc) is 2.73. The number of carbonyl (C=O) groups is 2. The molecule has 0 saturated carbocycles. The van der Waals surface area contributed by atoms with Gasteiger partial charge in [-0.1, -0.05) is 6.92 Å². The van der Waals surface area contributed by atoms with E-state index in [1.54, 1.807) is 6.20 Å². The molecule has 2 amide bonds. The Bertz CT molecular complexity index is 666. The molecule has 30 heavy (non-hydrogen) atoms. The molecule has 0 bridgehead atoms. The van der Waals surface area contributed by atoms with Gasteiger partial charge in [0.15, 0.2) is 0 Å². The fraction of sp³-hybridized carbons (Fsp3) is 0.667. The van der Waals surface area contributed by atoms with Crippen molar-refractivity contribution in [3.05, 3.63) is 23.9 Å². The fourth-order valence-corrected chi connectivity index (χ4v) is 4.03. The number of rotatable bonds is 6. The van der Waals surface area contributed by atoms with Crippen molar-refractivity contribution in [1.82, 2.24) is 15.2 Å². The standard InChI is InChI=1S/C21H33N5O2.2ClH/c1-16-8-12-25(13-9-16)19-6-5-17(14-23-19)21(28)26-11-3-2-4-18(26)15-24-20(27)7-10-22;;/h5-6,14,16,18H,2-4,7-13,15,22H2,1H3,(H,24,27);2*1H. The van der Waals surface area contributed by atoms with Gasteiger partial charge in [0, 0.05) is 51.4 Å². The molecule has 9 heteroatoms. The quantitative estimate of drug-likeness (QED) is 0.681. The molecule has 0 aliphatic carbocycles. The molecule has 1 aromatic heterocycles. The van der Waals surface area contributed by atoms with Crippen LogP contribution in [0.3, 0.4) is 0 Å². The summed E-state index contributed by atoms with van der Waals surface area (Å²) in [6.07, 6.45) is 7.38. The van der Waals surface area contributed by atoms with Crippen molar-refractivity contribution in [2.24, 2.45) is 11.7 Å². The summed E-state index contributed by atoms with van der Waals surface area (Å²) in [5, 5.41) is 2.91. The second-order valence-corrected chi connectivity index (χ2v) is 8.07. The Kier molecular flexibility index (Phi) is 11.4. The SMILES string of the molecule is CC1CCN(c2ccc(C(=O)N3CCCCC3CNC(=O)CCN)cn2)CC1.Cl.Cl. The van der Waals surface area contributed by atoms with Crippen molar-refractivity contribution in [2.45, 2.75) is 51.5 Å². The van der Waals surface area contributed by atoms with E-state index in [2.05, 4.69) is 22.1 Å². The molecule has 3 rings (SSSR count). The van der Waals surface area contributed by atoms with Crippen LogP contribution in [0.2, 0.25) is 0 Å². The van der Waals surface area contributed by atoms with Gasteiger partial charge >= 0.3 is 0 Å². The van der Waals surface area contributed by atoms with E-state index < -0.39 is 0 Å². The summed E-state index contributed by atoms with van der Waals surface area (Å²) in [6, 6.07) is 3.89. The summed E-state index contributed by atoms with van der Waals surface area (Å²) >= 11 is 0. The molecular formula is C21H35Cl2N5O2. The largest absolute Gasteiger partial charge is 0.357 e. The Morgan fingerprint density at radius 1 is 1.13 bits per heavy atom. The lowest BCUT2D eigenvalue weighted by Gasteiger charge is -2.36. The third-order valence-corrected chi connectivity index (χ3v) is 5.90. The maximum absolute atomic E-state index is 13.1. The first-order chi connectivity index (χ1) is 13.6. The topological polar surface area (TPSA) is 91.6 Å². The minimum atomic E-state index is -0.0534. The van der Waals surface area contributed by atoms with Crippen molar-refractivity contribution in [1.29, 1.82) is 0 Å². The van der Waals surface area contributed by atoms with Crippen molar-refractivity contribution < 1.29 is 9.59 Å². The molecular weight excluding hydrogens is 425 g/mol. The Morgan fingerprint density at radius 2 is 1.87 bits per heavy atom. The van der Waals surface area contributed by atoms with Gasteiger partial charge in [0.05, 0.1) is 5.56 Å². The normalized spacial score (nSPS) is 19.5. The molecule has 2 fully saturated rings. The molecule has 2 aliphatic heterocycles. The highest BCUT2D eigenvalue weighted by atomic mass is 35.5. The van der Waals surface area contributed by atoms with Crippen LogP contribution in [0.4, 0.5) is 5.82 Å². The number of nitrogens with two attached hydrogens (primary N) is 1. The lowest BCUT2D eigenvalue weighted by molar-refractivity contribution is -0.121. The number of hydrogen-bond acceptors (Lipinski definition) is 5. The maximum Gasteiger partial charge on any atom is 0.255 e. The fourth-order valence-electron chi connectivity index (χ4n) is 4.03. The molecule has 1 atom stereocenters. The van der Waals surface area contributed by atoms with Crippen LogP contribution in [0, 0.1) is 5.92 Å². The number of halogens is 2. The van der Waals surface area contributed by atoms with Crippen LogP contribution >= 0.6 is 24.8 Å². The van der Waals surface area contributed by atoms with Crippen LogP contribution in [0.25, 0.3) is 0 Å². The number of aromatic nitrogens is 1. The summed E-state index contributed by atoms with van der Waals surface area (Å²) in [6.45, 7) is 5.90. The van der Waals surface area contributed by atoms with E-state index in [1.165, 1.54) is 12.8 Å². The van der Waals surface area contributed by atoms with Crippen LogP contribution in [-0.4, -0.2) is 60.5 Å². The molecule has 3 N–H and O–H groups in total. The van der Waals surface area contributed by atoms with Crippen molar-refractivity contribution in [3.63, 3.8) is 0 Å². The highest BCUT2D eigenvalue weighted by Gasteiger charge is 2.28. The molecule has 2 aliphatic rings. The zero-order valence-electron chi connectivity index (χ0n) is 17.7. The maximum atomic E-state index is 13.1. The molecule has 1 unspecified atom stereocenters. The number of amides is 2. The van der Waals surface area contributed by atoms with Gasteiger partial charge in [0.25, 0.3) is 5.91 Å². The second-order valence-electron chi connectivity index (χ2n) is 8.07. The smallest absolute Gasteiger partial charge is 0.255 e. The number of piperidine rings is 2. The van der Waals surface area contributed by atoms with Crippen molar-refractivity contribution in [3.8, 4) is 0 Å². The van der Waals surface area contributed by atoms with Crippen LogP contribution in [0.15, 0.2) is 18.3 Å². The number of hydrogen-bond donors (Lipinski definition) is 2. The van der Waals surface area contributed by atoms with E-state index >= 15 is 0 Å². The second kappa shape index (κ2) is 13.0. The number of anilines is 1. The third kappa shape index (κ3) is 7.00. The average molecular weight is 460 g/mol. The molecule has 2 saturated heterocycles. The van der Waals surface area contributed by atoms with E-state index in [4.69, 9.17) is 5.73 Å². The Hall–Kier alpha value is -1.57. The first kappa shape index (κ1) is 26.5. The zero-order valence-corrected chi connectivity index (χ0v) is 19.3. The highest BCUT2D eigenvalue weighted by molar-refractivity contribution is 5.94. The van der Waals surface area contributed by atoms with E-state index in [0.29, 0.717) is 25.1 Å². The molecule has 1 aromatic rings. The summed E-state index contributed by atoms with van der Waals surface area (Å²) in [5.74, 6) is 1.68.